The monoisotopic (exact) mass is 277 g/mol. The second-order valence-corrected chi connectivity index (χ2v) is 5.93. The summed E-state index contributed by atoms with van der Waals surface area (Å²) in [5.41, 5.74) is 1.18. The number of rotatable bonds is 6. The van der Waals surface area contributed by atoms with Crippen molar-refractivity contribution in [3.63, 3.8) is 0 Å². The third-order valence-electron chi connectivity index (χ3n) is 3.26. The molecule has 4 heteroatoms. The first-order valence-electron chi connectivity index (χ1n) is 6.62. The predicted octanol–water partition coefficient (Wildman–Crippen LogP) is 4.09. The van der Waals surface area contributed by atoms with Crippen molar-refractivity contribution in [3.8, 4) is 0 Å². The number of anilines is 1. The van der Waals surface area contributed by atoms with Crippen molar-refractivity contribution >= 4 is 28.3 Å². The highest BCUT2D eigenvalue weighted by molar-refractivity contribution is 6.17. The molecule has 1 N–H and O–H groups in total. The van der Waals surface area contributed by atoms with Gasteiger partial charge in [-0.3, -0.25) is 0 Å². The minimum atomic E-state index is 0.209. The average Bonchev–Trinajstić information content (AvgIpc) is 2.43. The first kappa shape index (κ1) is 14.1. The zero-order valence-electron chi connectivity index (χ0n) is 11.5. The first-order chi connectivity index (χ1) is 9.12. The summed E-state index contributed by atoms with van der Waals surface area (Å²) in [6.07, 6.45) is 3.75. The van der Waals surface area contributed by atoms with Crippen LogP contribution in [0.2, 0.25) is 0 Å². The number of nitrogens with zero attached hydrogens (tertiary/aromatic N) is 2. The van der Waals surface area contributed by atoms with Crippen LogP contribution >= 0.6 is 11.6 Å². The quantitative estimate of drug-likeness (QED) is 0.808. The lowest BCUT2D eigenvalue weighted by Crippen LogP contribution is -2.23. The standard InChI is InChI=1S/C15H20ClN3/c1-15(2,8-5-9-16)10-17-14-12-6-3-4-7-13(12)18-11-19-14/h3-4,6-7,11H,5,8-10H2,1-2H3,(H,17,18,19). The van der Waals surface area contributed by atoms with Crippen molar-refractivity contribution in [2.75, 3.05) is 17.7 Å². The Hall–Kier alpha value is -1.35. The summed E-state index contributed by atoms with van der Waals surface area (Å²) in [5.74, 6) is 1.63. The third kappa shape index (κ3) is 3.80. The molecule has 0 unspecified atom stereocenters. The third-order valence-corrected chi connectivity index (χ3v) is 3.53. The van der Waals surface area contributed by atoms with Gasteiger partial charge in [0.15, 0.2) is 0 Å². The molecule has 0 amide bonds. The maximum Gasteiger partial charge on any atom is 0.137 e. The van der Waals surface area contributed by atoms with Crippen molar-refractivity contribution in [2.45, 2.75) is 26.7 Å². The summed E-state index contributed by atoms with van der Waals surface area (Å²) >= 11 is 5.76. The summed E-state index contributed by atoms with van der Waals surface area (Å²) < 4.78 is 0. The normalized spacial score (nSPS) is 11.7. The lowest BCUT2D eigenvalue weighted by Gasteiger charge is -2.25. The van der Waals surface area contributed by atoms with Gasteiger partial charge in [-0.1, -0.05) is 26.0 Å². The van der Waals surface area contributed by atoms with Gasteiger partial charge in [0, 0.05) is 17.8 Å². The number of aromatic nitrogens is 2. The molecule has 0 aliphatic carbocycles. The van der Waals surface area contributed by atoms with Crippen molar-refractivity contribution < 1.29 is 0 Å². The highest BCUT2D eigenvalue weighted by Crippen LogP contribution is 2.25. The fraction of sp³-hybridized carbons (Fsp3) is 0.467. The molecule has 3 nitrogen and oxygen atoms in total. The van der Waals surface area contributed by atoms with Gasteiger partial charge in [0.1, 0.15) is 12.1 Å². The number of benzene rings is 1. The molecular formula is C15H20ClN3. The van der Waals surface area contributed by atoms with Crippen LogP contribution in [0.4, 0.5) is 5.82 Å². The number of fused-ring (bicyclic) bond motifs is 1. The van der Waals surface area contributed by atoms with Crippen LogP contribution in [0.3, 0.4) is 0 Å². The molecule has 0 aliphatic rings. The number of alkyl halides is 1. The number of para-hydroxylation sites is 1. The summed E-state index contributed by atoms with van der Waals surface area (Å²) in [7, 11) is 0. The van der Waals surface area contributed by atoms with Gasteiger partial charge in [-0.05, 0) is 30.4 Å². The van der Waals surface area contributed by atoms with Gasteiger partial charge in [-0.25, -0.2) is 9.97 Å². The Bertz CT molecular complexity index is 534. The fourth-order valence-electron chi connectivity index (χ4n) is 2.10. The van der Waals surface area contributed by atoms with Gasteiger partial charge in [0.25, 0.3) is 0 Å². The van der Waals surface area contributed by atoms with Crippen LogP contribution in [0.5, 0.6) is 0 Å². The Morgan fingerprint density at radius 3 is 2.79 bits per heavy atom. The van der Waals surface area contributed by atoms with E-state index in [1.54, 1.807) is 6.33 Å². The Morgan fingerprint density at radius 1 is 1.21 bits per heavy atom. The molecule has 1 heterocycles. The Balaban J connectivity index is 2.09. The molecule has 0 bridgehead atoms. The van der Waals surface area contributed by atoms with E-state index in [0.29, 0.717) is 0 Å². The molecule has 0 aliphatic heterocycles. The Kier molecular flexibility index (Phi) is 4.59. The number of hydrogen-bond donors (Lipinski definition) is 1. The Labute approximate surface area is 119 Å². The van der Waals surface area contributed by atoms with E-state index >= 15 is 0 Å². The van der Waals surface area contributed by atoms with E-state index in [1.807, 2.05) is 24.3 Å². The van der Waals surface area contributed by atoms with Gasteiger partial charge in [0.2, 0.25) is 0 Å². The molecule has 0 atom stereocenters. The molecule has 1 aromatic carbocycles. The van der Waals surface area contributed by atoms with Gasteiger partial charge < -0.3 is 5.32 Å². The maximum atomic E-state index is 5.76. The largest absolute Gasteiger partial charge is 0.369 e. The summed E-state index contributed by atoms with van der Waals surface area (Å²) in [6.45, 7) is 5.37. The topological polar surface area (TPSA) is 37.8 Å². The SMILES string of the molecule is CC(C)(CCCCl)CNc1ncnc2ccccc12. The van der Waals surface area contributed by atoms with Gasteiger partial charge >= 0.3 is 0 Å². The molecule has 1 aromatic heterocycles. The molecular weight excluding hydrogens is 258 g/mol. The van der Waals surface area contributed by atoms with E-state index in [-0.39, 0.29) is 5.41 Å². The maximum absolute atomic E-state index is 5.76. The minimum Gasteiger partial charge on any atom is -0.369 e. The molecule has 0 radical (unpaired) electrons. The van der Waals surface area contributed by atoms with E-state index in [2.05, 4.69) is 29.1 Å². The van der Waals surface area contributed by atoms with Gasteiger partial charge in [-0.2, -0.15) is 0 Å². The molecule has 0 saturated carbocycles. The van der Waals surface area contributed by atoms with Crippen LogP contribution in [0.25, 0.3) is 10.9 Å². The van der Waals surface area contributed by atoms with Crippen LogP contribution in [-0.2, 0) is 0 Å². The van der Waals surface area contributed by atoms with E-state index in [0.717, 1.165) is 42.0 Å². The van der Waals surface area contributed by atoms with Crippen LogP contribution in [0.15, 0.2) is 30.6 Å². The van der Waals surface area contributed by atoms with E-state index in [9.17, 15) is 0 Å². The van der Waals surface area contributed by atoms with E-state index < -0.39 is 0 Å². The molecule has 19 heavy (non-hydrogen) atoms. The van der Waals surface area contributed by atoms with Crippen molar-refractivity contribution in [1.29, 1.82) is 0 Å². The summed E-state index contributed by atoms with van der Waals surface area (Å²) in [4.78, 5) is 8.61. The van der Waals surface area contributed by atoms with Gasteiger partial charge in [0.05, 0.1) is 5.52 Å². The van der Waals surface area contributed by atoms with Crippen LogP contribution in [0.1, 0.15) is 26.7 Å². The van der Waals surface area contributed by atoms with Crippen LogP contribution in [0, 0.1) is 5.41 Å². The minimum absolute atomic E-state index is 0.209. The molecule has 0 spiro atoms. The fourth-order valence-corrected chi connectivity index (χ4v) is 2.24. The van der Waals surface area contributed by atoms with Crippen molar-refractivity contribution in [1.82, 2.24) is 9.97 Å². The highest BCUT2D eigenvalue weighted by atomic mass is 35.5. The number of halogens is 1. The second-order valence-electron chi connectivity index (χ2n) is 5.55. The molecule has 2 aromatic rings. The predicted molar refractivity (Wildman–Crippen MR) is 81.8 cm³/mol. The van der Waals surface area contributed by atoms with Crippen molar-refractivity contribution in [3.05, 3.63) is 30.6 Å². The molecule has 0 saturated heterocycles. The van der Waals surface area contributed by atoms with E-state index in [1.165, 1.54) is 0 Å². The molecule has 0 fully saturated rings. The summed E-state index contributed by atoms with van der Waals surface area (Å²) in [6, 6.07) is 8.04. The summed E-state index contributed by atoms with van der Waals surface area (Å²) in [5, 5.41) is 4.51. The van der Waals surface area contributed by atoms with E-state index in [4.69, 9.17) is 11.6 Å². The average molecular weight is 278 g/mol. The van der Waals surface area contributed by atoms with Gasteiger partial charge in [-0.15, -0.1) is 11.6 Å². The molecule has 102 valence electrons. The first-order valence-corrected chi connectivity index (χ1v) is 7.15. The highest BCUT2D eigenvalue weighted by Gasteiger charge is 2.17. The molecule has 2 rings (SSSR count). The second kappa shape index (κ2) is 6.20. The lowest BCUT2D eigenvalue weighted by atomic mass is 9.88. The van der Waals surface area contributed by atoms with Crippen molar-refractivity contribution in [2.24, 2.45) is 5.41 Å². The number of hydrogen-bond acceptors (Lipinski definition) is 3. The lowest BCUT2D eigenvalue weighted by molar-refractivity contribution is 0.355. The number of nitrogens with one attached hydrogen (secondary N) is 1. The van der Waals surface area contributed by atoms with Crippen LogP contribution in [-0.4, -0.2) is 22.4 Å². The smallest absolute Gasteiger partial charge is 0.137 e. The zero-order valence-corrected chi connectivity index (χ0v) is 12.2. The Morgan fingerprint density at radius 2 is 2.00 bits per heavy atom. The van der Waals surface area contributed by atoms with Crippen LogP contribution < -0.4 is 5.32 Å². The zero-order chi connectivity index (χ0) is 13.7.